The fourth-order valence-electron chi connectivity index (χ4n) is 6.93. The SMILES string of the molecule is c1ccc(-c2nc(-c3ccc4ccccc4c3)nc(-c3ccc4cc(-c5cccc6c5ccc5c7ccncc7sc65)ccc4c3)n2)cc1. The monoisotopic (exact) mass is 642 g/mol. The van der Waals surface area contributed by atoms with Crippen LogP contribution in [0.5, 0.6) is 0 Å². The van der Waals surface area contributed by atoms with E-state index in [2.05, 4.69) is 120 Å². The summed E-state index contributed by atoms with van der Waals surface area (Å²) in [5.74, 6) is 1.97. The van der Waals surface area contributed by atoms with Crippen molar-refractivity contribution in [3.8, 4) is 45.3 Å². The molecule has 0 aliphatic carbocycles. The zero-order valence-corrected chi connectivity index (χ0v) is 27.0. The van der Waals surface area contributed by atoms with E-state index in [4.69, 9.17) is 15.0 Å². The number of aromatic nitrogens is 4. The Morgan fingerprint density at radius 1 is 0.388 bits per heavy atom. The molecule has 0 spiro atoms. The van der Waals surface area contributed by atoms with Gasteiger partial charge in [-0.2, -0.15) is 0 Å². The third-order valence-electron chi connectivity index (χ3n) is 9.38. The van der Waals surface area contributed by atoms with Crippen molar-refractivity contribution in [2.45, 2.75) is 0 Å². The molecule has 10 rings (SSSR count). The predicted molar refractivity (Wildman–Crippen MR) is 205 cm³/mol. The van der Waals surface area contributed by atoms with Gasteiger partial charge in [-0.1, -0.05) is 121 Å². The maximum absolute atomic E-state index is 5.03. The third kappa shape index (κ3) is 4.74. The van der Waals surface area contributed by atoms with E-state index in [1.165, 1.54) is 52.8 Å². The van der Waals surface area contributed by atoms with Crippen molar-refractivity contribution < 1.29 is 0 Å². The Morgan fingerprint density at radius 3 is 1.76 bits per heavy atom. The summed E-state index contributed by atoms with van der Waals surface area (Å²) in [6.45, 7) is 0. The molecule has 228 valence electrons. The van der Waals surface area contributed by atoms with E-state index in [1.54, 1.807) is 0 Å². The van der Waals surface area contributed by atoms with E-state index in [9.17, 15) is 0 Å². The summed E-state index contributed by atoms with van der Waals surface area (Å²) in [6.07, 6.45) is 3.85. The summed E-state index contributed by atoms with van der Waals surface area (Å²) in [5.41, 5.74) is 5.29. The van der Waals surface area contributed by atoms with Gasteiger partial charge in [0.2, 0.25) is 0 Å². The van der Waals surface area contributed by atoms with Crippen LogP contribution in [-0.2, 0) is 0 Å². The number of hydrogen-bond acceptors (Lipinski definition) is 5. The van der Waals surface area contributed by atoms with Crippen molar-refractivity contribution in [3.05, 3.63) is 158 Å². The van der Waals surface area contributed by atoms with Gasteiger partial charge in [-0.25, -0.2) is 15.0 Å². The first kappa shape index (κ1) is 27.8. The molecule has 0 bridgehead atoms. The Labute approximate surface area is 286 Å². The Balaban J connectivity index is 1.08. The molecule has 0 N–H and O–H groups in total. The van der Waals surface area contributed by atoms with Gasteiger partial charge in [0.1, 0.15) is 0 Å². The molecule has 0 fully saturated rings. The highest BCUT2D eigenvalue weighted by atomic mass is 32.1. The minimum absolute atomic E-state index is 0.652. The van der Waals surface area contributed by atoms with Gasteiger partial charge in [-0.15, -0.1) is 11.3 Å². The second-order valence-corrected chi connectivity index (χ2v) is 13.4. The maximum Gasteiger partial charge on any atom is 0.164 e. The first-order chi connectivity index (χ1) is 24.2. The Bertz CT molecular complexity index is 2890. The molecule has 0 unspecified atom stereocenters. The molecule has 3 heterocycles. The molecule has 0 radical (unpaired) electrons. The smallest absolute Gasteiger partial charge is 0.164 e. The summed E-state index contributed by atoms with van der Waals surface area (Å²) in [5, 5.41) is 9.73. The molecular formula is C44H26N4S. The molecular weight excluding hydrogens is 617 g/mol. The number of fused-ring (bicyclic) bond motifs is 7. The molecule has 4 nitrogen and oxygen atoms in total. The highest BCUT2D eigenvalue weighted by Gasteiger charge is 2.15. The molecule has 7 aromatic carbocycles. The molecule has 3 aromatic heterocycles. The largest absolute Gasteiger partial charge is 0.263 e. The highest BCUT2D eigenvalue weighted by Crippen LogP contribution is 2.41. The number of hydrogen-bond donors (Lipinski definition) is 0. The van der Waals surface area contributed by atoms with Crippen LogP contribution in [-0.4, -0.2) is 19.9 Å². The summed E-state index contributed by atoms with van der Waals surface area (Å²) in [6, 6.07) is 51.3. The van der Waals surface area contributed by atoms with Crippen molar-refractivity contribution in [2.75, 3.05) is 0 Å². The summed E-state index contributed by atoms with van der Waals surface area (Å²) < 4.78 is 2.53. The normalized spacial score (nSPS) is 11.7. The van der Waals surface area contributed by atoms with Gasteiger partial charge in [0.15, 0.2) is 17.5 Å². The van der Waals surface area contributed by atoms with Crippen LogP contribution in [0.1, 0.15) is 0 Å². The zero-order valence-electron chi connectivity index (χ0n) is 26.2. The first-order valence-corrected chi connectivity index (χ1v) is 17.1. The van der Waals surface area contributed by atoms with Gasteiger partial charge in [-0.3, -0.25) is 4.98 Å². The lowest BCUT2D eigenvalue weighted by Crippen LogP contribution is -2.00. The van der Waals surface area contributed by atoms with E-state index in [0.29, 0.717) is 17.5 Å². The molecule has 0 aliphatic heterocycles. The Kier molecular flexibility index (Phi) is 6.32. The fraction of sp³-hybridized carbons (Fsp3) is 0. The topological polar surface area (TPSA) is 51.6 Å². The van der Waals surface area contributed by atoms with E-state index >= 15 is 0 Å². The standard InChI is InChI=1S/C44H26N4S/c1-2-8-28(9-3-1)42-46-43(33-17-13-27-7-4-5-10-29(27)24-33)48-44(47-42)34-18-15-30-23-32(16-14-31(30)25-34)35-11-6-12-38-36(35)19-20-39-37-21-22-45-26-40(37)49-41(38)39/h1-26H. The van der Waals surface area contributed by atoms with Crippen molar-refractivity contribution >= 4 is 63.8 Å². The highest BCUT2D eigenvalue weighted by molar-refractivity contribution is 7.26. The lowest BCUT2D eigenvalue weighted by molar-refractivity contribution is 1.08. The average molecular weight is 643 g/mol. The summed E-state index contributed by atoms with van der Waals surface area (Å²) in [7, 11) is 0. The van der Waals surface area contributed by atoms with Crippen LogP contribution in [0.25, 0.3) is 97.8 Å². The first-order valence-electron chi connectivity index (χ1n) is 16.3. The second kappa shape index (κ2) is 11.2. The van der Waals surface area contributed by atoms with Crippen LogP contribution in [0.3, 0.4) is 0 Å². The van der Waals surface area contributed by atoms with E-state index in [1.807, 2.05) is 54.1 Å². The van der Waals surface area contributed by atoms with Crippen LogP contribution < -0.4 is 0 Å². The lowest BCUT2D eigenvalue weighted by Gasteiger charge is -2.11. The van der Waals surface area contributed by atoms with Gasteiger partial charge < -0.3 is 0 Å². The number of benzene rings is 7. The average Bonchev–Trinajstić information content (AvgIpc) is 3.56. The summed E-state index contributed by atoms with van der Waals surface area (Å²) in [4.78, 5) is 19.3. The molecule has 0 atom stereocenters. The molecule has 0 amide bonds. The zero-order chi connectivity index (χ0) is 32.3. The van der Waals surface area contributed by atoms with Crippen molar-refractivity contribution in [1.82, 2.24) is 19.9 Å². The van der Waals surface area contributed by atoms with Crippen LogP contribution in [0.2, 0.25) is 0 Å². The van der Waals surface area contributed by atoms with E-state index < -0.39 is 0 Å². The van der Waals surface area contributed by atoms with Crippen LogP contribution in [0.15, 0.2) is 158 Å². The van der Waals surface area contributed by atoms with Gasteiger partial charge in [0, 0.05) is 49.9 Å². The van der Waals surface area contributed by atoms with Crippen LogP contribution in [0.4, 0.5) is 0 Å². The Morgan fingerprint density at radius 2 is 0.980 bits per heavy atom. The minimum Gasteiger partial charge on any atom is -0.263 e. The third-order valence-corrected chi connectivity index (χ3v) is 10.6. The molecule has 0 saturated heterocycles. The van der Waals surface area contributed by atoms with Crippen molar-refractivity contribution in [1.29, 1.82) is 0 Å². The van der Waals surface area contributed by atoms with E-state index in [0.717, 1.165) is 27.5 Å². The maximum atomic E-state index is 5.03. The fourth-order valence-corrected chi connectivity index (χ4v) is 8.13. The van der Waals surface area contributed by atoms with Gasteiger partial charge in [0.25, 0.3) is 0 Å². The molecule has 10 aromatic rings. The molecule has 0 aliphatic rings. The molecule has 0 saturated carbocycles. The van der Waals surface area contributed by atoms with Gasteiger partial charge >= 0.3 is 0 Å². The minimum atomic E-state index is 0.652. The van der Waals surface area contributed by atoms with Crippen molar-refractivity contribution in [2.24, 2.45) is 0 Å². The Hall–Kier alpha value is -6.30. The number of thiophene rings is 1. The van der Waals surface area contributed by atoms with Crippen molar-refractivity contribution in [3.63, 3.8) is 0 Å². The van der Waals surface area contributed by atoms with E-state index in [-0.39, 0.29) is 0 Å². The lowest BCUT2D eigenvalue weighted by atomic mass is 9.95. The molecule has 5 heteroatoms. The number of nitrogens with zero attached hydrogens (tertiary/aromatic N) is 4. The van der Waals surface area contributed by atoms with Gasteiger partial charge in [-0.05, 0) is 62.3 Å². The quantitative estimate of drug-likeness (QED) is 0.192. The molecule has 49 heavy (non-hydrogen) atoms. The second-order valence-electron chi connectivity index (χ2n) is 12.3. The number of pyridine rings is 1. The van der Waals surface area contributed by atoms with Crippen LogP contribution >= 0.6 is 11.3 Å². The summed E-state index contributed by atoms with van der Waals surface area (Å²) >= 11 is 1.82. The predicted octanol–water partition coefficient (Wildman–Crippen LogP) is 11.8. The van der Waals surface area contributed by atoms with Gasteiger partial charge in [0.05, 0.1) is 4.70 Å². The van der Waals surface area contributed by atoms with Crippen LogP contribution in [0, 0.1) is 0 Å². The number of rotatable bonds is 4.